The van der Waals surface area contributed by atoms with E-state index in [1.807, 2.05) is 0 Å². The van der Waals surface area contributed by atoms with Gasteiger partial charge in [-0.05, 0) is 121 Å². The van der Waals surface area contributed by atoms with E-state index in [0.717, 1.165) is 100 Å². The third kappa shape index (κ3) is 6.71. The number of hydrogen-bond donors (Lipinski definition) is 0. The first-order chi connectivity index (χ1) is 36.9. The van der Waals surface area contributed by atoms with Gasteiger partial charge in [-0.25, -0.2) is 0 Å². The predicted molar refractivity (Wildman–Crippen MR) is 315 cm³/mol. The molecule has 0 saturated carbocycles. The number of anilines is 6. The molecule has 15 rings (SSSR count). The maximum Gasteiger partial charge on any atom is 0.252 e. The molecule has 4 nitrogen and oxygen atoms in total. The van der Waals surface area contributed by atoms with Gasteiger partial charge in [-0.1, -0.05) is 203 Å². The van der Waals surface area contributed by atoms with Gasteiger partial charge in [0, 0.05) is 44.6 Å². The van der Waals surface area contributed by atoms with E-state index in [4.69, 9.17) is 8.83 Å². The highest BCUT2D eigenvalue weighted by Crippen LogP contribution is 2.54. The Labute approximate surface area is 436 Å². The van der Waals surface area contributed by atoms with Crippen molar-refractivity contribution in [2.45, 2.75) is 26.2 Å². The molecule has 2 aromatic heterocycles. The largest absolute Gasteiger partial charge is 0.456 e. The number of benzene rings is 11. The van der Waals surface area contributed by atoms with Crippen molar-refractivity contribution in [3.05, 3.63) is 248 Å². The molecule has 4 heterocycles. The fourth-order valence-electron chi connectivity index (χ4n) is 12.3. The summed E-state index contributed by atoms with van der Waals surface area (Å²) in [5.41, 5.74) is 24.1. The van der Waals surface area contributed by atoms with Gasteiger partial charge in [-0.3, -0.25) is 0 Å². The summed E-state index contributed by atoms with van der Waals surface area (Å²) in [6.07, 6.45) is 0. The molecule has 0 N–H and O–H groups in total. The second-order valence-electron chi connectivity index (χ2n) is 21.2. The fourth-order valence-corrected chi connectivity index (χ4v) is 12.3. The normalized spacial score (nSPS) is 12.9. The van der Waals surface area contributed by atoms with Gasteiger partial charge in [-0.15, -0.1) is 0 Å². The highest BCUT2D eigenvalue weighted by molar-refractivity contribution is 7.00. The van der Waals surface area contributed by atoms with E-state index in [9.17, 15) is 0 Å². The zero-order valence-corrected chi connectivity index (χ0v) is 41.9. The summed E-state index contributed by atoms with van der Waals surface area (Å²) < 4.78 is 13.7. The zero-order chi connectivity index (χ0) is 49.9. The van der Waals surface area contributed by atoms with Crippen LogP contribution in [0, 0.1) is 0 Å². The van der Waals surface area contributed by atoms with Gasteiger partial charge >= 0.3 is 0 Å². The summed E-state index contributed by atoms with van der Waals surface area (Å²) in [4.78, 5) is 5.22. The quantitative estimate of drug-likeness (QED) is 0.156. The van der Waals surface area contributed by atoms with Gasteiger partial charge in [0.1, 0.15) is 22.3 Å². The van der Waals surface area contributed by atoms with Crippen molar-refractivity contribution in [2.24, 2.45) is 0 Å². The first kappa shape index (κ1) is 43.3. The van der Waals surface area contributed by atoms with E-state index in [1.54, 1.807) is 0 Å². The zero-order valence-electron chi connectivity index (χ0n) is 41.9. The maximum atomic E-state index is 6.84. The number of hydrogen-bond acceptors (Lipinski definition) is 4. The molecule has 11 aromatic carbocycles. The van der Waals surface area contributed by atoms with Gasteiger partial charge in [0.25, 0.3) is 6.71 Å². The standard InChI is InChI=1S/C70H49BN2O2/c1-70(2,3)50-42-59-67-60(43-50)73(69-52(47-26-14-7-15-27-47)35-39-64-66(69)54-29-17-19-31-62(54)75-64)58-37-33-49(45-22-10-5-11-23-45)41-56(58)71(67)55-40-48(44-20-8-4-9-21-44)32-36-57(55)72(59)68-51(46-24-12-6-13-25-46)34-38-63-65(68)53-28-16-18-30-61(53)74-63/h4-43H,1-3H3. The monoisotopic (exact) mass is 960 g/mol. The average molecular weight is 961 g/mol. The summed E-state index contributed by atoms with van der Waals surface area (Å²) in [5, 5.41) is 4.32. The SMILES string of the molecule is CC(C)(C)c1cc2c3c(c1)N(c1c(-c4ccccc4)ccc4oc5ccccc5c14)c1ccc(-c4ccccc4)cc1B3c1cc(-c3ccccc3)ccc1N2c1c(-c2ccccc2)ccc2oc3ccccc3c12. The first-order valence-corrected chi connectivity index (χ1v) is 26.0. The van der Waals surface area contributed by atoms with Crippen LogP contribution in [0.5, 0.6) is 0 Å². The number of fused-ring (bicyclic) bond motifs is 10. The molecule has 0 atom stereocenters. The van der Waals surface area contributed by atoms with Crippen LogP contribution in [0.1, 0.15) is 26.3 Å². The third-order valence-electron chi connectivity index (χ3n) is 15.8. The summed E-state index contributed by atoms with van der Waals surface area (Å²) in [7, 11) is 0. The van der Waals surface area contributed by atoms with Crippen LogP contribution >= 0.6 is 0 Å². The Hall–Kier alpha value is -9.32. The van der Waals surface area contributed by atoms with E-state index >= 15 is 0 Å². The van der Waals surface area contributed by atoms with Crippen LogP contribution in [-0.2, 0) is 5.41 Å². The maximum absolute atomic E-state index is 6.84. The minimum absolute atomic E-state index is 0.171. The Morgan fingerprint density at radius 1 is 0.333 bits per heavy atom. The molecule has 0 bridgehead atoms. The molecule has 0 saturated heterocycles. The Balaban J connectivity index is 1.15. The van der Waals surface area contributed by atoms with Crippen molar-refractivity contribution in [1.29, 1.82) is 0 Å². The van der Waals surface area contributed by atoms with Gasteiger partial charge in [0.2, 0.25) is 0 Å². The molecule has 75 heavy (non-hydrogen) atoms. The molecule has 354 valence electrons. The van der Waals surface area contributed by atoms with Gasteiger partial charge in [0.15, 0.2) is 0 Å². The number of rotatable bonds is 6. The molecule has 2 aliphatic heterocycles. The average Bonchev–Trinajstić information content (AvgIpc) is 4.04. The van der Waals surface area contributed by atoms with Crippen molar-refractivity contribution in [1.82, 2.24) is 0 Å². The summed E-state index contributed by atoms with van der Waals surface area (Å²) in [5.74, 6) is 0. The molecule has 0 unspecified atom stereocenters. The Kier molecular flexibility index (Phi) is 9.58. The summed E-state index contributed by atoms with van der Waals surface area (Å²) >= 11 is 0. The van der Waals surface area contributed by atoms with Crippen LogP contribution in [0.4, 0.5) is 34.1 Å². The molecule has 13 aromatic rings. The summed E-state index contributed by atoms with van der Waals surface area (Å²) in [6, 6.07) is 88.8. The van der Waals surface area contributed by atoms with Gasteiger partial charge in [0.05, 0.1) is 22.1 Å². The van der Waals surface area contributed by atoms with E-state index in [1.165, 1.54) is 44.2 Å². The molecular weight excluding hydrogens is 912 g/mol. The predicted octanol–water partition coefficient (Wildman–Crippen LogP) is 17.5. The second-order valence-corrected chi connectivity index (χ2v) is 21.2. The van der Waals surface area contributed by atoms with E-state index in [0.29, 0.717) is 0 Å². The second kappa shape index (κ2) is 16.6. The minimum Gasteiger partial charge on any atom is -0.456 e. The van der Waals surface area contributed by atoms with Crippen molar-refractivity contribution < 1.29 is 8.83 Å². The Morgan fingerprint density at radius 3 is 1.13 bits per heavy atom. The van der Waals surface area contributed by atoms with E-state index in [-0.39, 0.29) is 12.1 Å². The molecule has 0 radical (unpaired) electrons. The van der Waals surface area contributed by atoms with Crippen LogP contribution in [-0.4, -0.2) is 6.71 Å². The van der Waals surface area contributed by atoms with Gasteiger partial charge < -0.3 is 18.6 Å². The first-order valence-electron chi connectivity index (χ1n) is 26.0. The van der Waals surface area contributed by atoms with Crippen LogP contribution in [0.3, 0.4) is 0 Å². The smallest absolute Gasteiger partial charge is 0.252 e. The highest BCUT2D eigenvalue weighted by Gasteiger charge is 2.46. The van der Waals surface area contributed by atoms with Crippen LogP contribution < -0.4 is 26.2 Å². The van der Waals surface area contributed by atoms with E-state index < -0.39 is 0 Å². The van der Waals surface area contributed by atoms with Crippen molar-refractivity contribution >= 4 is 101 Å². The molecule has 5 heteroatoms. The molecule has 0 fully saturated rings. The van der Waals surface area contributed by atoms with E-state index in [2.05, 4.69) is 273 Å². The lowest BCUT2D eigenvalue weighted by atomic mass is 9.33. The molecule has 0 spiro atoms. The number of furan rings is 2. The van der Waals surface area contributed by atoms with Gasteiger partial charge in [-0.2, -0.15) is 0 Å². The topological polar surface area (TPSA) is 32.8 Å². The van der Waals surface area contributed by atoms with Crippen LogP contribution in [0.25, 0.3) is 88.4 Å². The third-order valence-corrected chi connectivity index (χ3v) is 15.8. The highest BCUT2D eigenvalue weighted by atomic mass is 16.3. The molecule has 0 aliphatic carbocycles. The Morgan fingerprint density at radius 2 is 0.720 bits per heavy atom. The molecule has 0 amide bonds. The fraction of sp³-hybridized carbons (Fsp3) is 0.0571. The lowest BCUT2D eigenvalue weighted by Crippen LogP contribution is -2.61. The minimum atomic E-state index is -0.250. The summed E-state index contributed by atoms with van der Waals surface area (Å²) in [6.45, 7) is 6.87. The molecular formula is C70H49BN2O2. The van der Waals surface area contributed by atoms with Crippen molar-refractivity contribution in [3.63, 3.8) is 0 Å². The number of nitrogens with zero attached hydrogens (tertiary/aromatic N) is 2. The van der Waals surface area contributed by atoms with Crippen LogP contribution in [0.2, 0.25) is 0 Å². The van der Waals surface area contributed by atoms with Crippen LogP contribution in [0.15, 0.2) is 251 Å². The molecule has 2 aliphatic rings. The lowest BCUT2D eigenvalue weighted by Gasteiger charge is -2.46. The lowest BCUT2D eigenvalue weighted by molar-refractivity contribution is 0.590. The number of para-hydroxylation sites is 2. The Bertz CT molecular complexity index is 4130. The van der Waals surface area contributed by atoms with Crippen molar-refractivity contribution in [2.75, 3.05) is 9.80 Å². The van der Waals surface area contributed by atoms with Crippen molar-refractivity contribution in [3.8, 4) is 44.5 Å².